The molecule has 1 heterocycles. The summed E-state index contributed by atoms with van der Waals surface area (Å²) in [6.45, 7) is 5.56. The Hall–Kier alpha value is -5.07. The molecule has 1 aliphatic heterocycles. The molecule has 1 fully saturated rings. The van der Waals surface area contributed by atoms with E-state index in [0.717, 1.165) is 6.08 Å². The molecule has 0 unspecified atom stereocenters. The molecule has 0 saturated carbocycles. The van der Waals surface area contributed by atoms with E-state index in [2.05, 4.69) is 6.58 Å². The number of esters is 2. The van der Waals surface area contributed by atoms with E-state index in [0.29, 0.717) is 47.6 Å². The normalized spacial score (nSPS) is 15.0. The third-order valence-electron chi connectivity index (χ3n) is 7.88. The molecule has 0 radical (unpaired) electrons. The van der Waals surface area contributed by atoms with Gasteiger partial charge in [-0.1, -0.05) is 18.7 Å². The number of aliphatic carboxylic acids is 1. The van der Waals surface area contributed by atoms with Crippen LogP contribution in [0.2, 0.25) is 0 Å². The Morgan fingerprint density at radius 1 is 1.02 bits per heavy atom. The van der Waals surface area contributed by atoms with Gasteiger partial charge in [0.05, 0.1) is 26.7 Å². The van der Waals surface area contributed by atoms with Crippen LogP contribution in [-0.4, -0.2) is 86.7 Å². The van der Waals surface area contributed by atoms with Gasteiger partial charge in [-0.25, -0.2) is 14.4 Å². The number of carboxylic acids is 1. The number of aryl methyl sites for hydroxylation is 1. The standard InChI is InChI=1S/C35H43NO12/c1-7-30(39)47-21-35(2,3)32(40)33(41)36-16-9-8-13-26(36)34(42)48-27(22-11-10-12-24(17-22)46-20-29(37)38)15-14-23-18-25(43-4)19-28(44-5)31(23)45-6/h7,10-12,17-19,26-27H,1,8-9,13-16,20-21H2,2-6H3,(H,37,38)/t26-,27+/m0/s1. The van der Waals surface area contributed by atoms with Crippen LogP contribution in [0.1, 0.15) is 56.8 Å². The van der Waals surface area contributed by atoms with Crippen LogP contribution in [-0.2, 0) is 39.9 Å². The van der Waals surface area contributed by atoms with Gasteiger partial charge in [0.1, 0.15) is 30.3 Å². The summed E-state index contributed by atoms with van der Waals surface area (Å²) in [4.78, 5) is 64.6. The molecule has 2 aromatic carbocycles. The van der Waals surface area contributed by atoms with Crippen LogP contribution in [0.3, 0.4) is 0 Å². The summed E-state index contributed by atoms with van der Waals surface area (Å²) >= 11 is 0. The van der Waals surface area contributed by atoms with Gasteiger partial charge in [0.2, 0.25) is 5.78 Å². The molecule has 0 spiro atoms. The van der Waals surface area contributed by atoms with E-state index in [4.69, 9.17) is 33.5 Å². The molecule has 1 N–H and O–H groups in total. The number of ketones is 1. The summed E-state index contributed by atoms with van der Waals surface area (Å²) in [5.74, 6) is -2.54. The van der Waals surface area contributed by atoms with E-state index >= 15 is 0 Å². The van der Waals surface area contributed by atoms with E-state index < -0.39 is 53.8 Å². The first-order valence-electron chi connectivity index (χ1n) is 15.4. The molecule has 0 aromatic heterocycles. The summed E-state index contributed by atoms with van der Waals surface area (Å²) in [6, 6.07) is 8.97. The van der Waals surface area contributed by atoms with Gasteiger partial charge in [-0.05, 0) is 69.7 Å². The lowest BCUT2D eigenvalue weighted by molar-refractivity contribution is -0.165. The fourth-order valence-electron chi connectivity index (χ4n) is 5.28. The average molecular weight is 670 g/mol. The second kappa shape index (κ2) is 17.2. The number of Topliss-reactive ketones (excluding diaryl/α,β-unsaturated/α-hetero) is 1. The van der Waals surface area contributed by atoms with Crippen molar-refractivity contribution in [3.63, 3.8) is 0 Å². The molecule has 1 amide bonds. The molecule has 13 heteroatoms. The molecular formula is C35H43NO12. The molecule has 1 aliphatic rings. The Balaban J connectivity index is 1.91. The Morgan fingerprint density at radius 3 is 2.42 bits per heavy atom. The number of carbonyl (C=O) groups excluding carboxylic acids is 4. The predicted molar refractivity (Wildman–Crippen MR) is 172 cm³/mol. The van der Waals surface area contributed by atoms with Gasteiger partial charge < -0.3 is 38.4 Å². The number of ether oxygens (including phenoxy) is 6. The van der Waals surface area contributed by atoms with Crippen molar-refractivity contribution in [1.82, 2.24) is 4.90 Å². The fraction of sp³-hybridized carbons (Fsp3) is 0.457. The van der Waals surface area contributed by atoms with Gasteiger partial charge in [0.25, 0.3) is 5.91 Å². The number of likely N-dealkylation sites (tertiary alicyclic amines) is 1. The number of hydrogen-bond donors (Lipinski definition) is 1. The third-order valence-corrected chi connectivity index (χ3v) is 7.88. The van der Waals surface area contributed by atoms with Crippen molar-refractivity contribution in [2.24, 2.45) is 5.41 Å². The lowest BCUT2D eigenvalue weighted by Gasteiger charge is -2.36. The number of rotatable bonds is 17. The maximum Gasteiger partial charge on any atom is 0.341 e. The number of carboxylic acid groups (broad SMARTS) is 1. The van der Waals surface area contributed by atoms with Crippen molar-refractivity contribution in [1.29, 1.82) is 0 Å². The molecule has 0 aliphatic carbocycles. The average Bonchev–Trinajstić information content (AvgIpc) is 3.10. The zero-order valence-corrected chi connectivity index (χ0v) is 27.9. The van der Waals surface area contributed by atoms with Crippen LogP contribution in [0.4, 0.5) is 0 Å². The number of nitrogens with zero attached hydrogens (tertiary/aromatic N) is 1. The van der Waals surface area contributed by atoms with Crippen LogP contribution >= 0.6 is 0 Å². The number of piperidine rings is 1. The second-order valence-electron chi connectivity index (χ2n) is 11.8. The minimum absolute atomic E-state index is 0.164. The van der Waals surface area contributed by atoms with Crippen LogP contribution in [0.5, 0.6) is 23.0 Å². The SMILES string of the molecule is C=CC(=O)OCC(C)(C)C(=O)C(=O)N1CCCC[C@H]1C(=O)O[C@H](CCc1cc(OC)cc(OC)c1OC)c1cccc(OCC(=O)O)c1. The Morgan fingerprint density at radius 2 is 1.77 bits per heavy atom. The lowest BCUT2D eigenvalue weighted by Crippen LogP contribution is -2.53. The molecule has 3 rings (SSSR count). The van der Waals surface area contributed by atoms with Gasteiger partial charge in [-0.15, -0.1) is 0 Å². The first kappa shape index (κ1) is 37.4. The van der Waals surface area contributed by atoms with Crippen molar-refractivity contribution in [2.45, 2.75) is 58.1 Å². The Kier molecular flexibility index (Phi) is 13.4. The third kappa shape index (κ3) is 9.72. The van der Waals surface area contributed by atoms with Gasteiger partial charge in [-0.3, -0.25) is 9.59 Å². The monoisotopic (exact) mass is 669 g/mol. The van der Waals surface area contributed by atoms with Gasteiger partial charge in [0, 0.05) is 24.3 Å². The smallest absolute Gasteiger partial charge is 0.341 e. The van der Waals surface area contributed by atoms with Crippen molar-refractivity contribution < 1.29 is 57.5 Å². The van der Waals surface area contributed by atoms with Crippen molar-refractivity contribution in [2.75, 3.05) is 41.1 Å². The highest BCUT2D eigenvalue weighted by Crippen LogP contribution is 2.38. The number of hydrogen-bond acceptors (Lipinski definition) is 11. The van der Waals surface area contributed by atoms with Crippen molar-refractivity contribution in [3.05, 3.63) is 60.2 Å². The molecule has 48 heavy (non-hydrogen) atoms. The maximum absolute atomic E-state index is 13.9. The number of methoxy groups -OCH3 is 3. The topological polar surface area (TPSA) is 164 Å². The maximum atomic E-state index is 13.9. The largest absolute Gasteiger partial charge is 0.497 e. The van der Waals surface area contributed by atoms with Crippen LogP contribution in [0, 0.1) is 5.41 Å². The van der Waals surface area contributed by atoms with Crippen LogP contribution in [0.15, 0.2) is 49.1 Å². The number of carbonyl (C=O) groups is 5. The summed E-state index contributed by atoms with van der Waals surface area (Å²) < 4.78 is 33.0. The van der Waals surface area contributed by atoms with E-state index in [1.54, 1.807) is 36.4 Å². The molecule has 1 saturated heterocycles. The van der Waals surface area contributed by atoms with Crippen molar-refractivity contribution in [3.8, 4) is 23.0 Å². The van der Waals surface area contributed by atoms with Gasteiger partial charge in [0.15, 0.2) is 18.1 Å². The summed E-state index contributed by atoms with van der Waals surface area (Å²) in [7, 11) is 4.54. The summed E-state index contributed by atoms with van der Waals surface area (Å²) in [5.41, 5.74) is -0.111. The molecular weight excluding hydrogens is 626 g/mol. The Bertz CT molecular complexity index is 1500. The second-order valence-corrected chi connectivity index (χ2v) is 11.8. The quantitative estimate of drug-likeness (QED) is 0.146. The van der Waals surface area contributed by atoms with E-state index in [1.165, 1.54) is 40.1 Å². The van der Waals surface area contributed by atoms with Gasteiger partial charge >= 0.3 is 17.9 Å². The molecule has 260 valence electrons. The fourth-order valence-corrected chi connectivity index (χ4v) is 5.28. The zero-order chi connectivity index (χ0) is 35.4. The first-order chi connectivity index (χ1) is 22.8. The molecule has 0 bridgehead atoms. The lowest BCUT2D eigenvalue weighted by atomic mass is 9.87. The number of amides is 1. The summed E-state index contributed by atoms with van der Waals surface area (Å²) in [5, 5.41) is 9.08. The predicted octanol–water partition coefficient (Wildman–Crippen LogP) is 4.10. The minimum atomic E-state index is -1.35. The Labute approximate surface area is 279 Å². The molecule has 13 nitrogen and oxygen atoms in total. The highest BCUT2D eigenvalue weighted by Gasteiger charge is 2.42. The van der Waals surface area contributed by atoms with Crippen molar-refractivity contribution >= 4 is 29.6 Å². The highest BCUT2D eigenvalue weighted by atomic mass is 16.5. The molecule has 2 atom stereocenters. The minimum Gasteiger partial charge on any atom is -0.497 e. The zero-order valence-electron chi connectivity index (χ0n) is 27.9. The van der Waals surface area contributed by atoms with E-state index in [-0.39, 0.29) is 31.7 Å². The van der Waals surface area contributed by atoms with E-state index in [1.807, 2.05) is 0 Å². The van der Waals surface area contributed by atoms with Gasteiger partial charge in [-0.2, -0.15) is 0 Å². The highest BCUT2D eigenvalue weighted by molar-refractivity contribution is 6.38. The van der Waals surface area contributed by atoms with E-state index in [9.17, 15) is 24.0 Å². The molecule has 2 aromatic rings. The summed E-state index contributed by atoms with van der Waals surface area (Å²) in [6.07, 6.45) is 2.14. The number of benzene rings is 2. The van der Waals surface area contributed by atoms with Crippen LogP contribution in [0.25, 0.3) is 0 Å². The van der Waals surface area contributed by atoms with Crippen LogP contribution < -0.4 is 18.9 Å². The first-order valence-corrected chi connectivity index (χ1v) is 15.4.